The maximum Gasteiger partial charge on any atom is 0.573 e. The van der Waals surface area contributed by atoms with E-state index in [1.54, 1.807) is 49.7 Å². The number of rotatable bonds is 10. The van der Waals surface area contributed by atoms with E-state index in [-0.39, 0.29) is 18.3 Å². The number of alkyl halides is 3. The van der Waals surface area contributed by atoms with Gasteiger partial charge in [0.2, 0.25) is 0 Å². The second kappa shape index (κ2) is 12.3. The fraction of sp³-hybridized carbons (Fsp3) is 0.192. The van der Waals surface area contributed by atoms with E-state index < -0.39 is 18.1 Å². The molecule has 4 rings (SSSR count). The fourth-order valence-corrected chi connectivity index (χ4v) is 3.65. The van der Waals surface area contributed by atoms with E-state index in [0.717, 1.165) is 28.6 Å². The number of carbonyl (C=O) groups excluding carboxylic acids is 2. The van der Waals surface area contributed by atoms with Crippen LogP contribution >= 0.6 is 0 Å². The molecule has 0 fully saturated rings. The van der Waals surface area contributed by atoms with E-state index in [0.29, 0.717) is 30.0 Å². The van der Waals surface area contributed by atoms with Gasteiger partial charge in [0.05, 0.1) is 24.9 Å². The first-order valence-corrected chi connectivity index (χ1v) is 11.6. The van der Waals surface area contributed by atoms with Crippen LogP contribution in [0.25, 0.3) is 22.0 Å². The van der Waals surface area contributed by atoms with Gasteiger partial charge in [-0.25, -0.2) is 4.79 Å². The molecule has 13 heteroatoms. The van der Waals surface area contributed by atoms with E-state index in [9.17, 15) is 22.8 Å². The summed E-state index contributed by atoms with van der Waals surface area (Å²) in [4.78, 5) is 25.0. The molecule has 1 heterocycles. The summed E-state index contributed by atoms with van der Waals surface area (Å²) in [7, 11) is 1.56. The van der Waals surface area contributed by atoms with Crippen molar-refractivity contribution >= 4 is 34.2 Å². The van der Waals surface area contributed by atoms with E-state index in [4.69, 9.17) is 9.47 Å². The van der Waals surface area contributed by atoms with Gasteiger partial charge in [0, 0.05) is 35.5 Å². The number of urea groups is 1. The van der Waals surface area contributed by atoms with Gasteiger partial charge in [-0.05, 0) is 47.5 Å². The molecule has 0 saturated carbocycles. The summed E-state index contributed by atoms with van der Waals surface area (Å²) in [6.07, 6.45) is -3.19. The first kappa shape index (κ1) is 27.4. The Morgan fingerprint density at radius 3 is 2.49 bits per heavy atom. The van der Waals surface area contributed by atoms with Crippen LogP contribution in [-0.4, -0.2) is 55.6 Å². The van der Waals surface area contributed by atoms with E-state index in [1.165, 1.54) is 12.1 Å². The number of nitrogens with one attached hydrogen (secondary N) is 4. The average Bonchev–Trinajstić information content (AvgIpc) is 3.36. The number of nitrogens with zero attached hydrogens (tertiary/aromatic N) is 1. The molecule has 4 N–H and O–H groups in total. The minimum Gasteiger partial charge on any atom is -0.406 e. The lowest BCUT2D eigenvalue weighted by molar-refractivity contribution is -0.274. The number of hydrogen-bond donors (Lipinski definition) is 4. The fourth-order valence-electron chi connectivity index (χ4n) is 3.65. The van der Waals surface area contributed by atoms with Gasteiger partial charge in [-0.1, -0.05) is 18.2 Å². The van der Waals surface area contributed by atoms with E-state index >= 15 is 0 Å². The predicted molar refractivity (Wildman–Crippen MR) is 137 cm³/mol. The van der Waals surface area contributed by atoms with Crippen molar-refractivity contribution in [2.75, 3.05) is 37.7 Å². The van der Waals surface area contributed by atoms with Crippen LogP contribution in [0.1, 0.15) is 10.4 Å². The van der Waals surface area contributed by atoms with Crippen molar-refractivity contribution in [2.45, 2.75) is 6.36 Å². The van der Waals surface area contributed by atoms with Crippen molar-refractivity contribution in [3.63, 3.8) is 0 Å². The molecule has 0 aliphatic carbocycles. The third-order valence-corrected chi connectivity index (χ3v) is 5.37. The molecular weight excluding hydrogens is 519 g/mol. The van der Waals surface area contributed by atoms with Crippen molar-refractivity contribution in [3.8, 4) is 16.9 Å². The van der Waals surface area contributed by atoms with Crippen LogP contribution in [-0.2, 0) is 9.47 Å². The number of aromatic amines is 1. The summed E-state index contributed by atoms with van der Waals surface area (Å²) >= 11 is 0. The first-order valence-electron chi connectivity index (χ1n) is 11.6. The van der Waals surface area contributed by atoms with Crippen LogP contribution in [0.4, 0.5) is 29.3 Å². The number of fused-ring (bicyclic) bond motifs is 1. The zero-order chi connectivity index (χ0) is 27.8. The molecule has 0 unspecified atom stereocenters. The molecule has 0 spiro atoms. The standard InChI is InChI=1S/C26H24F3N5O5/c1-37-9-10-38-15-30-24(35)17-11-21(22-14-31-34-23(22)12-17)16-5-7-18(8-6-16)32-25(36)33-19-3-2-4-20(13-19)39-26(27,28)29/h2-8,11-14H,9-10,15H2,1H3,(H,30,35)(H,31,34)(H2,32,33,36). The average molecular weight is 544 g/mol. The molecule has 10 nitrogen and oxygen atoms in total. The Morgan fingerprint density at radius 2 is 1.74 bits per heavy atom. The highest BCUT2D eigenvalue weighted by molar-refractivity contribution is 6.04. The number of hydrogen-bond acceptors (Lipinski definition) is 6. The lowest BCUT2D eigenvalue weighted by Crippen LogP contribution is -2.26. The monoisotopic (exact) mass is 543 g/mol. The maximum atomic E-state index is 12.7. The van der Waals surface area contributed by atoms with Gasteiger partial charge in [-0.15, -0.1) is 13.2 Å². The van der Waals surface area contributed by atoms with Gasteiger partial charge >= 0.3 is 12.4 Å². The molecular formula is C26H24F3N5O5. The molecule has 0 bridgehead atoms. The highest BCUT2D eigenvalue weighted by Crippen LogP contribution is 2.30. The zero-order valence-electron chi connectivity index (χ0n) is 20.6. The largest absolute Gasteiger partial charge is 0.573 e. The molecule has 0 saturated heterocycles. The Kier molecular flexibility index (Phi) is 8.63. The number of methoxy groups -OCH3 is 1. The number of halogens is 3. The lowest BCUT2D eigenvalue weighted by atomic mass is 9.98. The Labute approximate surface area is 220 Å². The third-order valence-electron chi connectivity index (χ3n) is 5.37. The quantitative estimate of drug-likeness (QED) is 0.162. The normalized spacial score (nSPS) is 11.3. The molecule has 3 aromatic carbocycles. The highest BCUT2D eigenvalue weighted by Gasteiger charge is 2.31. The molecule has 0 aliphatic rings. The van der Waals surface area contributed by atoms with Crippen molar-refractivity contribution in [3.05, 3.63) is 72.4 Å². The van der Waals surface area contributed by atoms with Crippen LogP contribution in [0, 0.1) is 0 Å². The Morgan fingerprint density at radius 1 is 0.974 bits per heavy atom. The van der Waals surface area contributed by atoms with Crippen LogP contribution < -0.4 is 20.7 Å². The number of ether oxygens (including phenoxy) is 3. The summed E-state index contributed by atoms with van der Waals surface area (Å²) in [5, 5.41) is 15.5. The molecule has 1 aromatic heterocycles. The van der Waals surface area contributed by atoms with E-state index in [1.807, 2.05) is 0 Å². The number of H-pyrrole nitrogens is 1. The van der Waals surface area contributed by atoms with Crippen molar-refractivity contribution in [2.24, 2.45) is 0 Å². The van der Waals surface area contributed by atoms with Crippen LogP contribution in [0.3, 0.4) is 0 Å². The van der Waals surface area contributed by atoms with Gasteiger partial charge in [0.25, 0.3) is 5.91 Å². The Bertz CT molecular complexity index is 1440. The molecule has 0 radical (unpaired) electrons. The summed E-state index contributed by atoms with van der Waals surface area (Å²) in [6, 6.07) is 14.5. The van der Waals surface area contributed by atoms with Gasteiger partial charge in [-0.2, -0.15) is 5.10 Å². The number of amides is 3. The number of anilines is 2. The predicted octanol–water partition coefficient (Wildman–Crippen LogP) is 5.12. The summed E-state index contributed by atoms with van der Waals surface area (Å²) < 4.78 is 51.4. The topological polar surface area (TPSA) is 127 Å². The first-order chi connectivity index (χ1) is 18.7. The van der Waals surface area contributed by atoms with Gasteiger partial charge in [0.1, 0.15) is 12.5 Å². The molecule has 3 amide bonds. The van der Waals surface area contributed by atoms with E-state index in [2.05, 4.69) is 30.9 Å². The Balaban J connectivity index is 1.43. The van der Waals surface area contributed by atoms with Crippen molar-refractivity contribution in [1.29, 1.82) is 0 Å². The SMILES string of the molecule is COCCOCNC(=O)c1cc(-c2ccc(NC(=O)Nc3cccc(OC(F)(F)F)c3)cc2)c2cn[nH]c2c1. The van der Waals surface area contributed by atoms with Crippen LogP contribution in [0.2, 0.25) is 0 Å². The van der Waals surface area contributed by atoms with Crippen LogP contribution in [0.5, 0.6) is 5.75 Å². The van der Waals surface area contributed by atoms with Gasteiger partial charge in [-0.3, -0.25) is 9.89 Å². The molecule has 0 aliphatic heterocycles. The lowest BCUT2D eigenvalue weighted by Gasteiger charge is -2.12. The second-order valence-electron chi connectivity index (χ2n) is 8.14. The molecule has 39 heavy (non-hydrogen) atoms. The minimum atomic E-state index is -4.84. The third kappa shape index (κ3) is 7.69. The Hall–Kier alpha value is -4.62. The van der Waals surface area contributed by atoms with Crippen LogP contribution in [0.15, 0.2) is 66.9 Å². The molecule has 204 valence electrons. The number of aromatic nitrogens is 2. The number of carbonyl (C=O) groups is 2. The molecule has 4 aromatic rings. The summed E-state index contributed by atoms with van der Waals surface area (Å²) in [5.41, 5.74) is 3.11. The summed E-state index contributed by atoms with van der Waals surface area (Å²) in [5.74, 6) is -0.783. The second-order valence-corrected chi connectivity index (χ2v) is 8.14. The van der Waals surface area contributed by atoms with Gasteiger partial charge < -0.3 is 30.2 Å². The van der Waals surface area contributed by atoms with Crippen molar-refractivity contribution < 1.29 is 37.0 Å². The van der Waals surface area contributed by atoms with Crippen molar-refractivity contribution in [1.82, 2.24) is 15.5 Å². The van der Waals surface area contributed by atoms with Gasteiger partial charge in [0.15, 0.2) is 0 Å². The molecule has 0 atom stereocenters. The maximum absolute atomic E-state index is 12.7. The number of benzene rings is 3. The minimum absolute atomic E-state index is 0.0284. The zero-order valence-corrected chi connectivity index (χ0v) is 20.6. The summed E-state index contributed by atoms with van der Waals surface area (Å²) in [6.45, 7) is 0.788. The highest BCUT2D eigenvalue weighted by atomic mass is 19.4. The smallest absolute Gasteiger partial charge is 0.406 e.